The van der Waals surface area contributed by atoms with Gasteiger partial charge in [-0.05, 0) is 32.7 Å². The van der Waals surface area contributed by atoms with Crippen molar-refractivity contribution in [2.45, 2.75) is 36.5 Å². The third kappa shape index (κ3) is 3.03. The van der Waals surface area contributed by atoms with Crippen molar-refractivity contribution in [3.63, 3.8) is 0 Å². The SMILES string of the molecule is Cc1nn(C)c(SC2CCOCC2)c1CCN. The largest absolute Gasteiger partial charge is 0.381 e. The van der Waals surface area contributed by atoms with E-state index in [0.717, 1.165) is 38.2 Å². The first kappa shape index (κ1) is 12.9. The van der Waals surface area contributed by atoms with Gasteiger partial charge in [-0.3, -0.25) is 4.68 Å². The number of nitrogens with two attached hydrogens (primary N) is 1. The Hall–Kier alpha value is -0.520. The van der Waals surface area contributed by atoms with Gasteiger partial charge in [0.25, 0.3) is 0 Å². The Morgan fingerprint density at radius 2 is 2.18 bits per heavy atom. The molecule has 17 heavy (non-hydrogen) atoms. The quantitative estimate of drug-likeness (QED) is 0.886. The second kappa shape index (κ2) is 5.89. The van der Waals surface area contributed by atoms with E-state index in [2.05, 4.69) is 12.0 Å². The second-order valence-electron chi connectivity index (χ2n) is 4.46. The van der Waals surface area contributed by atoms with Gasteiger partial charge in [0, 0.05) is 31.1 Å². The van der Waals surface area contributed by atoms with Crippen molar-refractivity contribution in [3.8, 4) is 0 Å². The Morgan fingerprint density at radius 3 is 2.82 bits per heavy atom. The van der Waals surface area contributed by atoms with Crippen molar-refractivity contribution in [3.05, 3.63) is 11.3 Å². The molecule has 0 unspecified atom stereocenters. The molecule has 0 atom stereocenters. The summed E-state index contributed by atoms with van der Waals surface area (Å²) in [5, 5.41) is 6.46. The number of thioether (sulfide) groups is 1. The minimum Gasteiger partial charge on any atom is -0.381 e. The Labute approximate surface area is 107 Å². The van der Waals surface area contributed by atoms with Crippen LogP contribution in [0.3, 0.4) is 0 Å². The van der Waals surface area contributed by atoms with E-state index in [1.165, 1.54) is 10.6 Å². The highest BCUT2D eigenvalue weighted by molar-refractivity contribution is 7.99. The van der Waals surface area contributed by atoms with Crippen molar-refractivity contribution in [2.75, 3.05) is 19.8 Å². The van der Waals surface area contributed by atoms with Crippen LogP contribution in [-0.2, 0) is 18.2 Å². The smallest absolute Gasteiger partial charge is 0.0974 e. The van der Waals surface area contributed by atoms with Crippen LogP contribution >= 0.6 is 11.8 Å². The van der Waals surface area contributed by atoms with E-state index in [1.54, 1.807) is 0 Å². The molecule has 1 aliphatic heterocycles. The Bertz CT molecular complexity index is 372. The summed E-state index contributed by atoms with van der Waals surface area (Å²) in [5.74, 6) is 0. The zero-order valence-electron chi connectivity index (χ0n) is 10.6. The monoisotopic (exact) mass is 255 g/mol. The van der Waals surface area contributed by atoms with Gasteiger partial charge >= 0.3 is 0 Å². The molecule has 1 fully saturated rings. The molecule has 0 amide bonds. The zero-order chi connectivity index (χ0) is 12.3. The fraction of sp³-hybridized carbons (Fsp3) is 0.750. The van der Waals surface area contributed by atoms with Gasteiger partial charge in [0.05, 0.1) is 10.7 Å². The maximum atomic E-state index is 5.67. The first-order valence-electron chi connectivity index (χ1n) is 6.19. The maximum Gasteiger partial charge on any atom is 0.0974 e. The van der Waals surface area contributed by atoms with E-state index in [1.807, 2.05) is 23.5 Å². The summed E-state index contributed by atoms with van der Waals surface area (Å²) in [6.45, 7) is 4.54. The van der Waals surface area contributed by atoms with Crippen molar-refractivity contribution >= 4 is 11.8 Å². The predicted octanol–water partition coefficient (Wildman–Crippen LogP) is 1.50. The third-order valence-electron chi connectivity index (χ3n) is 3.13. The lowest BCUT2D eigenvalue weighted by molar-refractivity contribution is 0.1000. The first-order valence-corrected chi connectivity index (χ1v) is 7.07. The molecule has 0 radical (unpaired) electrons. The van der Waals surface area contributed by atoms with Crippen LogP contribution < -0.4 is 5.73 Å². The number of nitrogens with zero attached hydrogens (tertiary/aromatic N) is 2. The van der Waals surface area contributed by atoms with Gasteiger partial charge in [-0.15, -0.1) is 11.8 Å². The molecule has 5 heteroatoms. The number of hydrogen-bond donors (Lipinski definition) is 1. The third-order valence-corrected chi connectivity index (χ3v) is 4.67. The molecule has 0 aromatic carbocycles. The van der Waals surface area contributed by atoms with Crippen molar-refractivity contribution < 1.29 is 4.74 Å². The van der Waals surface area contributed by atoms with E-state index >= 15 is 0 Å². The molecular formula is C12H21N3OS. The second-order valence-corrected chi connectivity index (χ2v) is 5.75. The van der Waals surface area contributed by atoms with Crippen LogP contribution in [0.4, 0.5) is 0 Å². The number of aryl methyl sites for hydroxylation is 2. The molecule has 2 rings (SSSR count). The zero-order valence-corrected chi connectivity index (χ0v) is 11.4. The van der Waals surface area contributed by atoms with Gasteiger partial charge in [0.15, 0.2) is 0 Å². The molecule has 96 valence electrons. The fourth-order valence-electron chi connectivity index (χ4n) is 2.21. The first-order chi connectivity index (χ1) is 8.22. The predicted molar refractivity (Wildman–Crippen MR) is 70.4 cm³/mol. The molecule has 1 aromatic rings. The van der Waals surface area contributed by atoms with Crippen LogP contribution in [0.5, 0.6) is 0 Å². The lowest BCUT2D eigenvalue weighted by Crippen LogP contribution is -2.18. The van der Waals surface area contributed by atoms with Crippen molar-refractivity contribution in [1.29, 1.82) is 0 Å². The van der Waals surface area contributed by atoms with Crippen molar-refractivity contribution in [1.82, 2.24) is 9.78 Å². The van der Waals surface area contributed by atoms with Gasteiger partial charge in [-0.25, -0.2) is 0 Å². The minimum atomic E-state index is 0.662. The lowest BCUT2D eigenvalue weighted by atomic mass is 10.2. The van der Waals surface area contributed by atoms with E-state index in [0.29, 0.717) is 11.8 Å². The number of rotatable bonds is 4. The Morgan fingerprint density at radius 1 is 1.47 bits per heavy atom. The van der Waals surface area contributed by atoms with Crippen LogP contribution in [-0.4, -0.2) is 34.8 Å². The highest BCUT2D eigenvalue weighted by atomic mass is 32.2. The van der Waals surface area contributed by atoms with Gasteiger partial charge in [0.2, 0.25) is 0 Å². The van der Waals surface area contributed by atoms with Gasteiger partial charge in [0.1, 0.15) is 0 Å². The molecule has 0 spiro atoms. The van der Waals surface area contributed by atoms with Gasteiger partial charge in [-0.2, -0.15) is 5.10 Å². The maximum absolute atomic E-state index is 5.67. The summed E-state index contributed by atoms with van der Waals surface area (Å²) >= 11 is 1.94. The van der Waals surface area contributed by atoms with Crippen LogP contribution in [0.15, 0.2) is 5.03 Å². The topological polar surface area (TPSA) is 53.1 Å². The normalized spacial score (nSPS) is 17.6. The van der Waals surface area contributed by atoms with Crippen molar-refractivity contribution in [2.24, 2.45) is 12.8 Å². The highest BCUT2D eigenvalue weighted by Crippen LogP contribution is 2.33. The van der Waals surface area contributed by atoms with E-state index in [9.17, 15) is 0 Å². The molecule has 2 heterocycles. The summed E-state index contributed by atoms with van der Waals surface area (Å²) in [5.41, 5.74) is 8.12. The standard InChI is InChI=1S/C12H21N3OS/c1-9-11(3-6-13)12(15(2)14-9)17-10-4-7-16-8-5-10/h10H,3-8,13H2,1-2H3. The molecule has 0 aliphatic carbocycles. The average Bonchev–Trinajstić information content (AvgIpc) is 2.58. The summed E-state index contributed by atoms with van der Waals surface area (Å²) in [4.78, 5) is 0. The molecule has 2 N–H and O–H groups in total. The van der Waals surface area contributed by atoms with E-state index < -0.39 is 0 Å². The van der Waals surface area contributed by atoms with E-state index in [4.69, 9.17) is 10.5 Å². The number of aromatic nitrogens is 2. The fourth-order valence-corrected chi connectivity index (χ4v) is 3.54. The lowest BCUT2D eigenvalue weighted by Gasteiger charge is -2.21. The summed E-state index contributed by atoms with van der Waals surface area (Å²) in [6, 6.07) is 0. The summed E-state index contributed by atoms with van der Waals surface area (Å²) < 4.78 is 7.40. The van der Waals surface area contributed by atoms with Crippen LogP contribution in [0, 0.1) is 6.92 Å². The molecule has 4 nitrogen and oxygen atoms in total. The molecule has 1 aromatic heterocycles. The Balaban J connectivity index is 2.12. The van der Waals surface area contributed by atoms with Crippen LogP contribution in [0.1, 0.15) is 24.1 Å². The molecular weight excluding hydrogens is 234 g/mol. The molecule has 1 saturated heterocycles. The average molecular weight is 255 g/mol. The van der Waals surface area contributed by atoms with Crippen LogP contribution in [0.25, 0.3) is 0 Å². The molecule has 1 aliphatic rings. The van der Waals surface area contributed by atoms with Gasteiger partial charge in [-0.1, -0.05) is 0 Å². The highest BCUT2D eigenvalue weighted by Gasteiger charge is 2.20. The number of hydrogen-bond acceptors (Lipinski definition) is 4. The molecule has 0 saturated carbocycles. The van der Waals surface area contributed by atoms with Crippen LogP contribution in [0.2, 0.25) is 0 Å². The summed E-state index contributed by atoms with van der Waals surface area (Å²) in [6.07, 6.45) is 3.19. The van der Waals surface area contributed by atoms with Gasteiger partial charge < -0.3 is 10.5 Å². The summed E-state index contributed by atoms with van der Waals surface area (Å²) in [7, 11) is 2.02. The number of ether oxygens (including phenoxy) is 1. The Kier molecular flexibility index (Phi) is 4.48. The molecule has 0 bridgehead atoms. The van der Waals surface area contributed by atoms with E-state index in [-0.39, 0.29) is 0 Å². The minimum absolute atomic E-state index is 0.662.